The van der Waals surface area contributed by atoms with Gasteiger partial charge in [0.05, 0.1) is 32.4 Å². The van der Waals surface area contributed by atoms with Crippen molar-refractivity contribution in [3.8, 4) is 16.6 Å². The summed E-state index contributed by atoms with van der Waals surface area (Å²) in [5, 5.41) is 9.87. The van der Waals surface area contributed by atoms with Crippen molar-refractivity contribution in [3.05, 3.63) is 77.9 Å². The molecule has 0 fully saturated rings. The third-order valence-electron chi connectivity index (χ3n) is 4.28. The maximum Gasteiger partial charge on any atom is 0.261 e. The van der Waals surface area contributed by atoms with Crippen LogP contribution in [0.2, 0.25) is 0 Å². The predicted molar refractivity (Wildman–Crippen MR) is 112 cm³/mol. The zero-order valence-corrected chi connectivity index (χ0v) is 16.5. The lowest BCUT2D eigenvalue weighted by Gasteiger charge is -2.11. The average molecular weight is 406 g/mol. The first-order chi connectivity index (χ1) is 13.5. The molecule has 7 heteroatoms. The first kappa shape index (κ1) is 18.2. The van der Waals surface area contributed by atoms with E-state index in [0.717, 1.165) is 26.4 Å². The Balaban J connectivity index is 1.65. The first-order valence-electron chi connectivity index (χ1n) is 8.46. The highest BCUT2D eigenvalue weighted by Gasteiger charge is 2.16. The summed E-state index contributed by atoms with van der Waals surface area (Å²) in [4.78, 5) is 4.70. The molecule has 1 heterocycles. The molecule has 3 aromatic carbocycles. The molecular formula is C21H15N3O2S2. The molecule has 0 unspecified atom stereocenters. The lowest BCUT2D eigenvalue weighted by molar-refractivity contribution is 0.601. The Morgan fingerprint density at radius 1 is 1.04 bits per heavy atom. The number of nitrogens with zero attached hydrogens (tertiary/aromatic N) is 2. The number of para-hydroxylation sites is 1. The molecule has 0 saturated heterocycles. The summed E-state index contributed by atoms with van der Waals surface area (Å²) in [6.07, 6.45) is 0. The van der Waals surface area contributed by atoms with Crippen LogP contribution < -0.4 is 4.72 Å². The Morgan fingerprint density at radius 2 is 1.86 bits per heavy atom. The van der Waals surface area contributed by atoms with Crippen LogP contribution in [0.15, 0.2) is 71.6 Å². The molecule has 1 N–H and O–H groups in total. The third kappa shape index (κ3) is 3.48. The van der Waals surface area contributed by atoms with Crippen LogP contribution in [0.3, 0.4) is 0 Å². The number of aromatic nitrogens is 1. The van der Waals surface area contributed by atoms with Gasteiger partial charge in [0, 0.05) is 5.56 Å². The van der Waals surface area contributed by atoms with Crippen LogP contribution in [0.25, 0.3) is 20.8 Å². The average Bonchev–Trinajstić information content (AvgIpc) is 3.14. The Hall–Kier alpha value is -3.21. The van der Waals surface area contributed by atoms with Crippen LogP contribution in [0, 0.1) is 18.3 Å². The van der Waals surface area contributed by atoms with Gasteiger partial charge in [-0.25, -0.2) is 13.4 Å². The van der Waals surface area contributed by atoms with Crippen LogP contribution in [-0.4, -0.2) is 13.4 Å². The van der Waals surface area contributed by atoms with Gasteiger partial charge in [0.1, 0.15) is 5.01 Å². The number of hydrogen-bond acceptors (Lipinski definition) is 5. The lowest BCUT2D eigenvalue weighted by Crippen LogP contribution is -2.13. The Labute approximate surface area is 167 Å². The molecule has 0 radical (unpaired) electrons. The number of sulfonamides is 1. The second-order valence-corrected chi connectivity index (χ2v) is 8.97. The Morgan fingerprint density at radius 3 is 2.61 bits per heavy atom. The van der Waals surface area contributed by atoms with Crippen LogP contribution in [0.1, 0.15) is 11.1 Å². The van der Waals surface area contributed by atoms with Crippen LogP contribution in [0.4, 0.5) is 5.69 Å². The van der Waals surface area contributed by atoms with E-state index in [4.69, 9.17) is 5.26 Å². The van der Waals surface area contributed by atoms with Gasteiger partial charge < -0.3 is 0 Å². The van der Waals surface area contributed by atoms with E-state index >= 15 is 0 Å². The summed E-state index contributed by atoms with van der Waals surface area (Å²) in [5.74, 6) is 0. The van der Waals surface area contributed by atoms with E-state index in [-0.39, 0.29) is 4.90 Å². The van der Waals surface area contributed by atoms with Gasteiger partial charge in [0.25, 0.3) is 10.0 Å². The van der Waals surface area contributed by atoms with Crippen molar-refractivity contribution in [1.29, 1.82) is 5.26 Å². The van der Waals surface area contributed by atoms with Crippen molar-refractivity contribution in [2.45, 2.75) is 11.8 Å². The summed E-state index contributed by atoms with van der Waals surface area (Å²) in [5.41, 5.74) is 3.46. The Kier molecular flexibility index (Phi) is 4.59. The maximum atomic E-state index is 12.7. The maximum absolute atomic E-state index is 12.7. The molecule has 0 amide bonds. The zero-order valence-electron chi connectivity index (χ0n) is 14.9. The van der Waals surface area contributed by atoms with Gasteiger partial charge in [-0.15, -0.1) is 11.3 Å². The fourth-order valence-corrected chi connectivity index (χ4v) is 4.98. The molecule has 0 aliphatic rings. The van der Waals surface area contributed by atoms with Gasteiger partial charge in [-0.3, -0.25) is 4.72 Å². The largest absolute Gasteiger partial charge is 0.279 e. The highest BCUT2D eigenvalue weighted by atomic mass is 32.2. The van der Waals surface area contributed by atoms with Gasteiger partial charge in [0.15, 0.2) is 0 Å². The number of nitriles is 1. The van der Waals surface area contributed by atoms with Gasteiger partial charge in [-0.2, -0.15) is 5.26 Å². The zero-order chi connectivity index (χ0) is 19.7. The number of rotatable bonds is 4. The predicted octanol–water partition coefficient (Wildman–Crippen LogP) is 4.94. The molecule has 0 aliphatic heterocycles. The summed E-state index contributed by atoms with van der Waals surface area (Å²) in [6, 6.07) is 21.3. The molecule has 5 nitrogen and oxygen atoms in total. The molecule has 28 heavy (non-hydrogen) atoms. The first-order valence-corrected chi connectivity index (χ1v) is 10.8. The Bertz CT molecular complexity index is 1300. The van der Waals surface area contributed by atoms with E-state index in [2.05, 4.69) is 9.71 Å². The fraction of sp³-hybridized carbons (Fsp3) is 0.0476. The van der Waals surface area contributed by atoms with Crippen LogP contribution in [-0.2, 0) is 10.0 Å². The summed E-state index contributed by atoms with van der Waals surface area (Å²) >= 11 is 1.60. The second-order valence-electron chi connectivity index (χ2n) is 6.26. The minimum Gasteiger partial charge on any atom is -0.279 e. The number of aryl methyl sites for hydroxylation is 1. The normalized spacial score (nSPS) is 11.3. The van der Waals surface area contributed by atoms with Crippen molar-refractivity contribution in [2.75, 3.05) is 4.72 Å². The second kappa shape index (κ2) is 7.08. The van der Waals surface area contributed by atoms with Crippen molar-refractivity contribution >= 4 is 37.3 Å². The topological polar surface area (TPSA) is 82.8 Å². The molecule has 0 atom stereocenters. The third-order valence-corrected chi connectivity index (χ3v) is 6.73. The minimum absolute atomic E-state index is 0.0567. The van der Waals surface area contributed by atoms with Gasteiger partial charge in [0.2, 0.25) is 0 Å². The molecule has 138 valence electrons. The molecule has 0 saturated carbocycles. The van der Waals surface area contributed by atoms with E-state index in [1.165, 1.54) is 12.1 Å². The monoisotopic (exact) mass is 405 g/mol. The van der Waals surface area contributed by atoms with Gasteiger partial charge in [-0.05, 0) is 61.0 Å². The van der Waals surface area contributed by atoms with Gasteiger partial charge in [-0.1, -0.05) is 18.2 Å². The number of anilines is 1. The summed E-state index contributed by atoms with van der Waals surface area (Å²) < 4.78 is 29.0. The molecule has 0 aliphatic carbocycles. The smallest absolute Gasteiger partial charge is 0.261 e. The van der Waals surface area contributed by atoms with E-state index in [9.17, 15) is 8.42 Å². The van der Waals surface area contributed by atoms with Crippen LogP contribution in [0.5, 0.6) is 0 Å². The number of thiazole rings is 1. The SMILES string of the molecule is Cc1cc(-c2nc3ccccc3s2)ccc1NS(=O)(=O)c1cccc(C#N)c1. The molecule has 4 rings (SSSR count). The highest BCUT2D eigenvalue weighted by Crippen LogP contribution is 2.32. The highest BCUT2D eigenvalue weighted by molar-refractivity contribution is 7.92. The van der Waals surface area contributed by atoms with E-state index in [1.54, 1.807) is 29.5 Å². The minimum atomic E-state index is -3.78. The number of benzene rings is 3. The molecule has 4 aromatic rings. The van der Waals surface area contributed by atoms with E-state index in [0.29, 0.717) is 11.3 Å². The van der Waals surface area contributed by atoms with Gasteiger partial charge >= 0.3 is 0 Å². The number of hydrogen-bond donors (Lipinski definition) is 1. The number of nitrogens with one attached hydrogen (secondary N) is 1. The molecule has 0 spiro atoms. The van der Waals surface area contributed by atoms with E-state index in [1.807, 2.05) is 49.4 Å². The molecular weight excluding hydrogens is 390 g/mol. The standard InChI is InChI=1S/C21H15N3O2S2/c1-14-11-16(21-23-19-7-2-3-8-20(19)27-21)9-10-18(14)24-28(25,26)17-6-4-5-15(12-17)13-22/h2-12,24H,1H3. The number of fused-ring (bicyclic) bond motifs is 1. The summed E-state index contributed by atoms with van der Waals surface area (Å²) in [7, 11) is -3.78. The van der Waals surface area contributed by atoms with Crippen molar-refractivity contribution in [3.63, 3.8) is 0 Å². The quantitative estimate of drug-likeness (QED) is 0.521. The lowest BCUT2D eigenvalue weighted by atomic mass is 10.1. The fourth-order valence-electron chi connectivity index (χ4n) is 2.84. The molecule has 1 aromatic heterocycles. The van der Waals surface area contributed by atoms with Crippen LogP contribution >= 0.6 is 11.3 Å². The van der Waals surface area contributed by atoms with Crippen molar-refractivity contribution in [1.82, 2.24) is 4.98 Å². The van der Waals surface area contributed by atoms with E-state index < -0.39 is 10.0 Å². The molecule has 0 bridgehead atoms. The summed E-state index contributed by atoms with van der Waals surface area (Å²) in [6.45, 7) is 1.85. The van der Waals surface area contributed by atoms with Crippen molar-refractivity contribution < 1.29 is 8.42 Å². The van der Waals surface area contributed by atoms with Crippen molar-refractivity contribution in [2.24, 2.45) is 0 Å².